The lowest BCUT2D eigenvalue weighted by molar-refractivity contribution is 0.0317. The van der Waals surface area contributed by atoms with E-state index in [9.17, 15) is 20.4 Å². The molecule has 0 fully saturated rings. The molecule has 7 aromatic rings. The van der Waals surface area contributed by atoms with Crippen LogP contribution in [0.1, 0.15) is 66.6 Å². The van der Waals surface area contributed by atoms with Gasteiger partial charge in [-0.1, -0.05) is 149 Å². The summed E-state index contributed by atoms with van der Waals surface area (Å²) >= 11 is 0. The monoisotopic (exact) mass is 1130 g/mol. The average Bonchev–Trinajstić information content (AvgIpc) is 3.64. The number of nitrogens with one attached hydrogen (secondary N) is 5. The Kier molecular flexibility index (Phi) is 26.2. The van der Waals surface area contributed by atoms with Gasteiger partial charge in [-0.2, -0.15) is 0 Å². The van der Waals surface area contributed by atoms with Crippen molar-refractivity contribution in [1.82, 2.24) is 31.5 Å². The maximum atomic E-state index is 11.3. The standard InChI is InChI=1S/C69H88N6O8/c1-68(2,56-20-28-64(29-21-56)80-49-60(76)45-72-38-36-70-42-53-14-8-5-9-15-53)58-24-32-66(33-25-58)82-51-62(78)47-75(41-40-74-44-55-18-12-7-13-19-55)48-63(79)52-83-67-34-26-59(27-35-67)69(3,4)57-22-30-65(31-23-57)81-50-61(77)46-73-39-37-71-43-54-16-10-6-11-17-54/h5,7-10,12-35,60-63,70-74,76-79H,36-52H2,1-4H3. The predicted molar refractivity (Wildman–Crippen MR) is 330 cm³/mol. The Bertz CT molecular complexity index is 2660. The minimum absolute atomic E-state index is 0.0808. The molecule has 0 saturated carbocycles. The van der Waals surface area contributed by atoms with Crippen LogP contribution in [-0.4, -0.2) is 142 Å². The number of benzene rings is 6. The molecule has 4 unspecified atom stereocenters. The van der Waals surface area contributed by atoms with Crippen LogP contribution in [0.3, 0.4) is 0 Å². The molecule has 83 heavy (non-hydrogen) atoms. The molecule has 7 rings (SSSR count). The van der Waals surface area contributed by atoms with Gasteiger partial charge in [0.05, 0.1) is 0 Å². The van der Waals surface area contributed by atoms with Gasteiger partial charge in [0.15, 0.2) is 0 Å². The minimum atomic E-state index is -0.818. The summed E-state index contributed by atoms with van der Waals surface area (Å²) < 4.78 is 24.1. The van der Waals surface area contributed by atoms with E-state index < -0.39 is 24.4 Å². The molecular weight excluding hydrogens is 1040 g/mol. The summed E-state index contributed by atoms with van der Waals surface area (Å²) in [7, 11) is 0. The van der Waals surface area contributed by atoms with Crippen LogP contribution in [0.25, 0.3) is 0 Å². The highest BCUT2D eigenvalue weighted by Crippen LogP contribution is 2.35. The van der Waals surface area contributed by atoms with Crippen LogP contribution < -0.4 is 45.5 Å². The smallest absolute Gasteiger partial charge is 0.119 e. The largest absolute Gasteiger partial charge is 0.491 e. The van der Waals surface area contributed by atoms with E-state index in [-0.39, 0.29) is 37.3 Å². The fraction of sp³-hybridized carbons (Fsp3) is 0.391. The van der Waals surface area contributed by atoms with Crippen LogP contribution >= 0.6 is 0 Å². The van der Waals surface area contributed by atoms with Gasteiger partial charge in [0.2, 0.25) is 0 Å². The number of rotatable bonds is 39. The summed E-state index contributed by atoms with van der Waals surface area (Å²) in [6.45, 7) is 17.3. The summed E-state index contributed by atoms with van der Waals surface area (Å²) in [6.07, 6.45) is -2.91. The predicted octanol–water partition coefficient (Wildman–Crippen LogP) is 7.45. The molecule has 0 aromatic heterocycles. The second kappa shape index (κ2) is 34.1. The number of hydrogen-bond donors (Lipinski definition) is 9. The Morgan fingerprint density at radius 3 is 1.08 bits per heavy atom. The van der Waals surface area contributed by atoms with Gasteiger partial charge < -0.3 is 66.0 Å². The second-order valence-corrected chi connectivity index (χ2v) is 22.2. The van der Waals surface area contributed by atoms with E-state index in [0.29, 0.717) is 68.8 Å². The lowest BCUT2D eigenvalue weighted by Crippen LogP contribution is -2.44. The van der Waals surface area contributed by atoms with Crippen LogP contribution in [0.15, 0.2) is 176 Å². The van der Waals surface area contributed by atoms with Gasteiger partial charge in [-0.15, -0.1) is 0 Å². The first-order valence-electron chi connectivity index (χ1n) is 29.2. The average molecular weight is 1130 g/mol. The van der Waals surface area contributed by atoms with E-state index >= 15 is 0 Å². The number of hydrogen-bond acceptors (Lipinski definition) is 14. The van der Waals surface area contributed by atoms with Crippen LogP contribution in [0, 0.1) is 12.1 Å². The van der Waals surface area contributed by atoms with Crippen molar-refractivity contribution >= 4 is 0 Å². The lowest BCUT2D eigenvalue weighted by Gasteiger charge is -2.28. The molecule has 0 heterocycles. The zero-order chi connectivity index (χ0) is 58.5. The molecule has 0 aliphatic heterocycles. The van der Waals surface area contributed by atoms with Gasteiger partial charge in [0.25, 0.3) is 0 Å². The first kappa shape index (κ1) is 63.7. The highest BCUT2D eigenvalue weighted by molar-refractivity contribution is 5.43. The van der Waals surface area contributed by atoms with Crippen molar-refractivity contribution in [2.24, 2.45) is 0 Å². The molecule has 0 amide bonds. The minimum Gasteiger partial charge on any atom is -0.491 e. The first-order chi connectivity index (χ1) is 40.3. The summed E-state index contributed by atoms with van der Waals surface area (Å²) in [5.74, 6) is 2.70. The zero-order valence-electron chi connectivity index (χ0n) is 48.9. The number of aliphatic hydroxyl groups excluding tert-OH is 4. The normalized spacial score (nSPS) is 13.2. The quantitative estimate of drug-likeness (QED) is 0.0174. The third-order valence-corrected chi connectivity index (χ3v) is 14.7. The molecule has 14 nitrogen and oxygen atoms in total. The van der Waals surface area contributed by atoms with Gasteiger partial charge >= 0.3 is 0 Å². The van der Waals surface area contributed by atoms with Crippen LogP contribution in [-0.2, 0) is 30.5 Å². The van der Waals surface area contributed by atoms with Crippen molar-refractivity contribution in [1.29, 1.82) is 0 Å². The molecule has 4 atom stereocenters. The number of aliphatic hydroxyl groups is 4. The molecule has 14 heteroatoms. The molecule has 0 spiro atoms. The molecule has 0 aliphatic carbocycles. The van der Waals surface area contributed by atoms with Crippen LogP contribution in [0.4, 0.5) is 0 Å². The second-order valence-electron chi connectivity index (χ2n) is 22.2. The molecule has 0 bridgehead atoms. The molecule has 0 aliphatic rings. The van der Waals surface area contributed by atoms with Crippen LogP contribution in [0.2, 0.25) is 0 Å². The first-order valence-corrected chi connectivity index (χ1v) is 29.2. The van der Waals surface area contributed by atoms with Gasteiger partial charge in [-0.05, 0) is 106 Å². The SMILES string of the molecule is CC(C)(c1ccc(OCC(O)CNCCNCc2cc#ccc2)cc1)c1ccc(OCC(O)CN(CCNCc2ccccc2)CC(O)COc2ccc(C(C)(C)c3ccc(OCC(O)CNCCNCc4ccccc4)cc3)cc2)cc1. The molecular formula is C69H88N6O8. The Hall–Kier alpha value is -6.84. The summed E-state index contributed by atoms with van der Waals surface area (Å²) in [4.78, 5) is 2.05. The van der Waals surface area contributed by atoms with Crippen molar-refractivity contribution in [3.63, 3.8) is 0 Å². The molecule has 0 saturated heterocycles. The highest BCUT2D eigenvalue weighted by Gasteiger charge is 2.25. The number of ether oxygens (including phenoxy) is 4. The van der Waals surface area contributed by atoms with E-state index in [1.165, 1.54) is 11.1 Å². The van der Waals surface area contributed by atoms with E-state index in [2.05, 4.69) is 139 Å². The van der Waals surface area contributed by atoms with Gasteiger partial charge in [0, 0.05) is 95.9 Å². The Labute approximate surface area is 493 Å². The van der Waals surface area contributed by atoms with Crippen molar-refractivity contribution in [3.05, 3.63) is 227 Å². The summed E-state index contributed by atoms with van der Waals surface area (Å²) in [5.41, 5.74) is 7.39. The molecule has 442 valence electrons. The Morgan fingerprint density at radius 1 is 0.386 bits per heavy atom. The number of nitrogens with zero attached hydrogens (tertiary/aromatic N) is 1. The van der Waals surface area contributed by atoms with E-state index in [0.717, 1.165) is 67.1 Å². The Morgan fingerprint density at radius 2 is 0.723 bits per heavy atom. The molecule has 0 radical (unpaired) electrons. The van der Waals surface area contributed by atoms with Crippen molar-refractivity contribution in [2.75, 3.05) is 91.9 Å². The maximum Gasteiger partial charge on any atom is 0.119 e. The third kappa shape index (κ3) is 22.4. The van der Waals surface area contributed by atoms with Crippen molar-refractivity contribution in [3.8, 4) is 23.0 Å². The fourth-order valence-corrected chi connectivity index (χ4v) is 9.56. The van der Waals surface area contributed by atoms with E-state index in [1.54, 1.807) is 0 Å². The van der Waals surface area contributed by atoms with Gasteiger partial charge in [-0.3, -0.25) is 4.90 Å². The van der Waals surface area contributed by atoms with Gasteiger partial charge in [0.1, 0.15) is 73.8 Å². The fourth-order valence-electron chi connectivity index (χ4n) is 9.56. The van der Waals surface area contributed by atoms with Crippen molar-refractivity contribution < 1.29 is 39.4 Å². The topological polar surface area (TPSA) is 181 Å². The zero-order valence-corrected chi connectivity index (χ0v) is 48.9. The highest BCUT2D eigenvalue weighted by atomic mass is 16.5. The molecule has 7 aromatic carbocycles. The summed E-state index contributed by atoms with van der Waals surface area (Å²) in [6, 6.07) is 64.1. The maximum absolute atomic E-state index is 11.3. The lowest BCUT2D eigenvalue weighted by atomic mass is 9.78. The Balaban J connectivity index is 0.816. The van der Waals surface area contributed by atoms with E-state index in [4.69, 9.17) is 18.9 Å². The van der Waals surface area contributed by atoms with Gasteiger partial charge in [-0.25, -0.2) is 0 Å². The van der Waals surface area contributed by atoms with Crippen molar-refractivity contribution in [2.45, 2.75) is 82.6 Å². The van der Waals surface area contributed by atoms with Crippen LogP contribution in [0.5, 0.6) is 23.0 Å². The molecule has 9 N–H and O–H groups in total. The third-order valence-electron chi connectivity index (χ3n) is 14.7. The van der Waals surface area contributed by atoms with E-state index in [1.807, 2.05) is 108 Å². The summed E-state index contributed by atoms with van der Waals surface area (Å²) in [5, 5.41) is 60.5.